The fraction of sp³-hybridized carbons (Fsp3) is 0.333. The van der Waals surface area contributed by atoms with E-state index in [4.69, 9.17) is 12.2 Å². The first-order valence-corrected chi connectivity index (χ1v) is 9.43. The van der Waals surface area contributed by atoms with Crippen molar-refractivity contribution in [2.24, 2.45) is 0 Å². The standard InChI is InChI=1S/C18H17FN2OS2/c19-11-6-5-7-12(10-11)21-17(22)15-13-8-3-1-2-4-9-14(13)24-16(15)20-18(21)23/h5-7,10H,1-4,8-9H2,(H,20,23). The van der Waals surface area contributed by atoms with Gasteiger partial charge in [0.2, 0.25) is 0 Å². The largest absolute Gasteiger partial charge is 0.323 e. The molecule has 2 aromatic heterocycles. The number of benzene rings is 1. The van der Waals surface area contributed by atoms with Gasteiger partial charge in [0.05, 0.1) is 11.1 Å². The van der Waals surface area contributed by atoms with Gasteiger partial charge in [-0.1, -0.05) is 18.9 Å². The number of aromatic nitrogens is 2. The van der Waals surface area contributed by atoms with Crippen LogP contribution < -0.4 is 5.56 Å². The molecular weight excluding hydrogens is 343 g/mol. The first-order valence-electron chi connectivity index (χ1n) is 8.20. The monoisotopic (exact) mass is 360 g/mol. The number of thiophene rings is 1. The van der Waals surface area contributed by atoms with Gasteiger partial charge in [-0.2, -0.15) is 0 Å². The summed E-state index contributed by atoms with van der Waals surface area (Å²) in [5.41, 5.74) is 1.49. The highest BCUT2D eigenvalue weighted by atomic mass is 32.1. The first kappa shape index (κ1) is 15.7. The van der Waals surface area contributed by atoms with E-state index < -0.39 is 0 Å². The molecule has 0 aliphatic heterocycles. The molecule has 0 radical (unpaired) electrons. The summed E-state index contributed by atoms with van der Waals surface area (Å²) >= 11 is 7.03. The molecule has 3 nitrogen and oxygen atoms in total. The van der Waals surface area contributed by atoms with Crippen LogP contribution >= 0.6 is 23.6 Å². The summed E-state index contributed by atoms with van der Waals surface area (Å²) in [5.74, 6) is -0.380. The average Bonchev–Trinajstić information content (AvgIpc) is 2.84. The average molecular weight is 360 g/mol. The van der Waals surface area contributed by atoms with Crippen LogP contribution in [-0.2, 0) is 12.8 Å². The van der Waals surface area contributed by atoms with Gasteiger partial charge in [0.1, 0.15) is 10.6 Å². The maximum absolute atomic E-state index is 13.6. The molecule has 1 aliphatic rings. The van der Waals surface area contributed by atoms with E-state index in [9.17, 15) is 9.18 Å². The Bertz CT molecular complexity index is 1030. The third kappa shape index (κ3) is 2.63. The summed E-state index contributed by atoms with van der Waals surface area (Å²) in [7, 11) is 0. The number of nitrogens with one attached hydrogen (secondary N) is 1. The van der Waals surface area contributed by atoms with Crippen molar-refractivity contribution in [1.82, 2.24) is 9.55 Å². The molecule has 3 aromatic rings. The maximum atomic E-state index is 13.6. The summed E-state index contributed by atoms with van der Waals surface area (Å²) < 4.78 is 15.3. The second kappa shape index (κ2) is 6.26. The fourth-order valence-electron chi connectivity index (χ4n) is 3.44. The van der Waals surface area contributed by atoms with Crippen molar-refractivity contribution in [1.29, 1.82) is 0 Å². The Morgan fingerprint density at radius 1 is 1.17 bits per heavy atom. The van der Waals surface area contributed by atoms with Gasteiger partial charge in [-0.3, -0.25) is 9.36 Å². The van der Waals surface area contributed by atoms with Crippen molar-refractivity contribution < 1.29 is 4.39 Å². The molecule has 0 bridgehead atoms. The van der Waals surface area contributed by atoms with Crippen molar-refractivity contribution in [3.63, 3.8) is 0 Å². The third-order valence-corrected chi connectivity index (χ3v) is 6.07. The Morgan fingerprint density at radius 2 is 1.96 bits per heavy atom. The van der Waals surface area contributed by atoms with Gasteiger partial charge in [0, 0.05) is 4.88 Å². The van der Waals surface area contributed by atoms with Crippen molar-refractivity contribution in [3.05, 3.63) is 55.6 Å². The second-order valence-corrected chi connectivity index (χ2v) is 7.66. The molecule has 0 spiro atoms. The molecule has 1 aliphatic carbocycles. The van der Waals surface area contributed by atoms with Gasteiger partial charge in [-0.15, -0.1) is 11.3 Å². The quantitative estimate of drug-likeness (QED) is 0.626. The van der Waals surface area contributed by atoms with Crippen molar-refractivity contribution in [2.45, 2.75) is 38.5 Å². The van der Waals surface area contributed by atoms with Crippen LogP contribution in [0, 0.1) is 10.6 Å². The molecule has 4 rings (SSSR count). The highest BCUT2D eigenvalue weighted by molar-refractivity contribution is 7.71. The van der Waals surface area contributed by atoms with Crippen LogP contribution in [0.3, 0.4) is 0 Å². The third-order valence-electron chi connectivity index (χ3n) is 4.58. The van der Waals surface area contributed by atoms with E-state index in [1.165, 1.54) is 40.8 Å². The predicted octanol–water partition coefficient (Wildman–Crippen LogP) is 4.91. The van der Waals surface area contributed by atoms with E-state index in [-0.39, 0.29) is 11.4 Å². The van der Waals surface area contributed by atoms with Crippen LogP contribution in [0.1, 0.15) is 36.1 Å². The zero-order valence-corrected chi connectivity index (χ0v) is 14.7. The predicted molar refractivity (Wildman–Crippen MR) is 98.4 cm³/mol. The van der Waals surface area contributed by atoms with Crippen molar-refractivity contribution in [2.75, 3.05) is 0 Å². The van der Waals surface area contributed by atoms with E-state index >= 15 is 0 Å². The van der Waals surface area contributed by atoms with E-state index in [0.717, 1.165) is 35.0 Å². The Kier molecular flexibility index (Phi) is 4.10. The molecule has 0 fully saturated rings. The number of halogens is 1. The number of nitrogens with zero attached hydrogens (tertiary/aromatic N) is 1. The maximum Gasteiger partial charge on any atom is 0.267 e. The molecule has 0 saturated carbocycles. The van der Waals surface area contributed by atoms with Crippen LogP contribution in [0.15, 0.2) is 29.1 Å². The SMILES string of the molecule is O=c1c2c3c(sc2[nH]c(=S)n1-c1cccc(F)c1)CCCCCC3. The Morgan fingerprint density at radius 3 is 2.75 bits per heavy atom. The highest BCUT2D eigenvalue weighted by Crippen LogP contribution is 2.32. The number of hydrogen-bond donors (Lipinski definition) is 1. The topological polar surface area (TPSA) is 37.8 Å². The summed E-state index contributed by atoms with van der Waals surface area (Å²) in [6, 6.07) is 6.00. The molecular formula is C18H17FN2OS2. The lowest BCUT2D eigenvalue weighted by Gasteiger charge is -2.10. The highest BCUT2D eigenvalue weighted by Gasteiger charge is 2.19. The molecule has 0 unspecified atom stereocenters. The Balaban J connectivity index is 2.01. The summed E-state index contributed by atoms with van der Waals surface area (Å²) in [4.78, 5) is 18.5. The summed E-state index contributed by atoms with van der Waals surface area (Å²) in [5, 5.41) is 0.731. The van der Waals surface area contributed by atoms with Gasteiger partial charge in [-0.25, -0.2) is 4.39 Å². The molecule has 1 N–H and O–H groups in total. The lowest BCUT2D eigenvalue weighted by Crippen LogP contribution is -2.21. The molecule has 124 valence electrons. The number of aryl methyl sites for hydroxylation is 2. The van der Waals surface area contributed by atoms with E-state index in [2.05, 4.69) is 4.98 Å². The van der Waals surface area contributed by atoms with Crippen LogP contribution in [0.4, 0.5) is 4.39 Å². The van der Waals surface area contributed by atoms with Crippen LogP contribution in [0.2, 0.25) is 0 Å². The van der Waals surface area contributed by atoms with Gasteiger partial charge in [0.15, 0.2) is 4.77 Å². The van der Waals surface area contributed by atoms with Gasteiger partial charge in [0.25, 0.3) is 5.56 Å². The molecule has 0 saturated heterocycles. The molecule has 0 atom stereocenters. The van der Waals surface area contributed by atoms with Crippen LogP contribution in [-0.4, -0.2) is 9.55 Å². The minimum Gasteiger partial charge on any atom is -0.323 e. The number of aromatic amines is 1. The summed E-state index contributed by atoms with van der Waals surface area (Å²) in [6.07, 6.45) is 6.68. The summed E-state index contributed by atoms with van der Waals surface area (Å²) in [6.45, 7) is 0. The Hall–Kier alpha value is -1.79. The molecule has 24 heavy (non-hydrogen) atoms. The van der Waals surface area contributed by atoms with E-state index in [1.807, 2.05) is 0 Å². The van der Waals surface area contributed by atoms with Crippen molar-refractivity contribution >= 4 is 33.8 Å². The normalized spacial score (nSPS) is 15.0. The Labute approximate surface area is 147 Å². The van der Waals surface area contributed by atoms with Gasteiger partial charge in [-0.05, 0) is 61.7 Å². The minimum atomic E-state index is -0.380. The minimum absolute atomic E-state index is 0.141. The lowest BCUT2D eigenvalue weighted by molar-refractivity contribution is 0.623. The zero-order valence-electron chi connectivity index (χ0n) is 13.1. The van der Waals surface area contributed by atoms with Crippen molar-refractivity contribution in [3.8, 4) is 5.69 Å². The molecule has 0 amide bonds. The number of hydrogen-bond acceptors (Lipinski definition) is 3. The van der Waals surface area contributed by atoms with Gasteiger partial charge < -0.3 is 4.98 Å². The fourth-order valence-corrected chi connectivity index (χ4v) is 5.08. The van der Waals surface area contributed by atoms with Gasteiger partial charge >= 0.3 is 0 Å². The molecule has 2 heterocycles. The molecule has 1 aromatic carbocycles. The van der Waals surface area contributed by atoms with Crippen LogP contribution in [0.25, 0.3) is 15.9 Å². The number of rotatable bonds is 1. The first-order chi connectivity index (χ1) is 11.6. The van der Waals surface area contributed by atoms with E-state index in [0.29, 0.717) is 10.5 Å². The number of fused-ring (bicyclic) bond motifs is 3. The zero-order chi connectivity index (χ0) is 16.7. The second-order valence-electron chi connectivity index (χ2n) is 6.17. The van der Waals surface area contributed by atoms with E-state index in [1.54, 1.807) is 23.5 Å². The number of H-pyrrole nitrogens is 1. The smallest absolute Gasteiger partial charge is 0.267 e. The van der Waals surface area contributed by atoms with Crippen LogP contribution in [0.5, 0.6) is 0 Å². The lowest BCUT2D eigenvalue weighted by atomic mass is 9.98. The molecule has 6 heteroatoms.